The molecule has 1 amide bonds. The van der Waals surface area contributed by atoms with E-state index >= 15 is 0 Å². The number of thiophene rings is 1. The number of rotatable bonds is 8. The van der Waals surface area contributed by atoms with Crippen LogP contribution in [-0.4, -0.2) is 39.5 Å². The number of aromatic nitrogens is 3. The third kappa shape index (κ3) is 5.36. The molecule has 0 atom stereocenters. The third-order valence-electron chi connectivity index (χ3n) is 5.93. The van der Waals surface area contributed by atoms with Crippen LogP contribution in [-0.2, 0) is 34.3 Å². The number of thioether (sulfide) groups is 1. The first-order chi connectivity index (χ1) is 16.7. The van der Waals surface area contributed by atoms with Gasteiger partial charge in [-0.05, 0) is 35.8 Å². The number of amides is 1. The molecule has 9 heteroatoms. The van der Waals surface area contributed by atoms with Crippen LogP contribution in [0.3, 0.4) is 0 Å². The maximum Gasteiger partial charge on any atom is 0.341 e. The van der Waals surface area contributed by atoms with Gasteiger partial charge in [0.2, 0.25) is 5.91 Å². The van der Waals surface area contributed by atoms with Crippen LogP contribution in [0.5, 0.6) is 0 Å². The molecule has 0 fully saturated rings. The Bertz CT molecular complexity index is 1250. The molecule has 4 rings (SSSR count). The number of allylic oxidation sites excluding steroid dienone is 1. The molecule has 2 heterocycles. The van der Waals surface area contributed by atoms with E-state index in [4.69, 9.17) is 4.74 Å². The van der Waals surface area contributed by atoms with Gasteiger partial charge in [0.1, 0.15) is 5.00 Å². The van der Waals surface area contributed by atoms with Crippen molar-refractivity contribution >= 4 is 40.0 Å². The highest BCUT2D eigenvalue weighted by Crippen LogP contribution is 2.39. The van der Waals surface area contributed by atoms with Crippen molar-refractivity contribution < 1.29 is 14.3 Å². The molecule has 0 saturated carbocycles. The first-order valence-electron chi connectivity index (χ1n) is 11.5. The van der Waals surface area contributed by atoms with E-state index in [1.807, 2.05) is 4.57 Å². The number of anilines is 1. The second-order valence-electron chi connectivity index (χ2n) is 9.42. The van der Waals surface area contributed by atoms with Gasteiger partial charge >= 0.3 is 5.97 Å². The number of carbonyl (C=O) groups excluding carboxylic acids is 2. The number of esters is 1. The van der Waals surface area contributed by atoms with Gasteiger partial charge < -0.3 is 10.1 Å². The molecule has 0 unspecified atom stereocenters. The van der Waals surface area contributed by atoms with Crippen LogP contribution in [0.15, 0.2) is 42.1 Å². The van der Waals surface area contributed by atoms with Gasteiger partial charge in [0.05, 0.1) is 18.4 Å². The van der Waals surface area contributed by atoms with E-state index in [-0.39, 0.29) is 17.1 Å². The van der Waals surface area contributed by atoms with E-state index in [0.29, 0.717) is 22.3 Å². The Morgan fingerprint density at radius 1 is 1.23 bits per heavy atom. The number of nitrogens with zero attached hydrogens (tertiary/aromatic N) is 3. The van der Waals surface area contributed by atoms with Crippen molar-refractivity contribution in [2.24, 2.45) is 0 Å². The quantitative estimate of drug-likeness (QED) is 0.245. The van der Waals surface area contributed by atoms with Crippen molar-refractivity contribution in [2.45, 2.75) is 57.1 Å². The van der Waals surface area contributed by atoms with E-state index in [1.165, 1.54) is 35.8 Å². The fraction of sp³-hybridized carbons (Fsp3) is 0.385. The van der Waals surface area contributed by atoms with Crippen molar-refractivity contribution in [2.75, 3.05) is 18.2 Å². The molecular weight excluding hydrogens is 480 g/mol. The Kier molecular flexibility index (Phi) is 7.47. The summed E-state index contributed by atoms with van der Waals surface area (Å²) in [4.78, 5) is 26.3. The van der Waals surface area contributed by atoms with Crippen LogP contribution >= 0.6 is 23.1 Å². The number of aryl methyl sites for hydroxylation is 1. The van der Waals surface area contributed by atoms with Gasteiger partial charge in [0, 0.05) is 17.0 Å². The summed E-state index contributed by atoms with van der Waals surface area (Å²) in [5.41, 5.74) is 3.78. The lowest BCUT2D eigenvalue weighted by molar-refractivity contribution is -0.113. The lowest BCUT2D eigenvalue weighted by atomic mass is 9.87. The normalized spacial score (nSPS) is 12.9. The van der Waals surface area contributed by atoms with Crippen LogP contribution in [0, 0.1) is 0 Å². The Labute approximate surface area is 214 Å². The summed E-state index contributed by atoms with van der Waals surface area (Å²) >= 11 is 2.78. The van der Waals surface area contributed by atoms with Crippen molar-refractivity contribution in [3.63, 3.8) is 0 Å². The molecule has 1 aromatic carbocycles. The van der Waals surface area contributed by atoms with Crippen molar-refractivity contribution in [1.29, 1.82) is 0 Å². The van der Waals surface area contributed by atoms with Crippen molar-refractivity contribution in [3.05, 3.63) is 58.5 Å². The monoisotopic (exact) mass is 510 g/mol. The minimum absolute atomic E-state index is 0.0676. The SMILES string of the molecule is C=CCn1c(SCC(=O)Nc2sc3c(c2C(=O)OC)CCC3)nnc1-c1ccc(C(C)(C)C)cc1. The van der Waals surface area contributed by atoms with Gasteiger partial charge in [-0.1, -0.05) is 62.9 Å². The van der Waals surface area contributed by atoms with Crippen LogP contribution in [0.1, 0.15) is 53.6 Å². The molecule has 0 saturated heterocycles. The first-order valence-corrected chi connectivity index (χ1v) is 13.3. The van der Waals surface area contributed by atoms with Crippen LogP contribution in [0.25, 0.3) is 11.4 Å². The van der Waals surface area contributed by atoms with E-state index in [9.17, 15) is 9.59 Å². The Balaban J connectivity index is 1.49. The minimum atomic E-state index is -0.403. The maximum absolute atomic E-state index is 12.8. The smallest absolute Gasteiger partial charge is 0.341 e. The number of hydrogen-bond donors (Lipinski definition) is 1. The number of hydrogen-bond acceptors (Lipinski definition) is 7. The summed E-state index contributed by atoms with van der Waals surface area (Å²) in [5.74, 6) is 0.266. The van der Waals surface area contributed by atoms with Gasteiger partial charge in [-0.15, -0.1) is 28.1 Å². The summed E-state index contributed by atoms with van der Waals surface area (Å²) in [5, 5.41) is 12.9. The largest absolute Gasteiger partial charge is 0.465 e. The van der Waals surface area contributed by atoms with Gasteiger partial charge in [-0.2, -0.15) is 0 Å². The number of benzene rings is 1. The number of methoxy groups -OCH3 is 1. The first kappa shape index (κ1) is 25.2. The highest BCUT2D eigenvalue weighted by molar-refractivity contribution is 7.99. The van der Waals surface area contributed by atoms with Gasteiger partial charge in [-0.25, -0.2) is 4.79 Å². The van der Waals surface area contributed by atoms with Gasteiger partial charge in [0.15, 0.2) is 11.0 Å². The highest BCUT2D eigenvalue weighted by Gasteiger charge is 2.28. The van der Waals surface area contributed by atoms with Gasteiger partial charge in [0.25, 0.3) is 0 Å². The number of nitrogens with one attached hydrogen (secondary N) is 1. The second kappa shape index (κ2) is 10.4. The molecule has 1 aliphatic rings. The third-order valence-corrected chi connectivity index (χ3v) is 8.11. The van der Waals surface area contributed by atoms with E-state index in [2.05, 4.69) is 67.1 Å². The predicted octanol–water partition coefficient (Wildman–Crippen LogP) is 5.50. The fourth-order valence-corrected chi connectivity index (χ4v) is 6.17. The average molecular weight is 511 g/mol. The molecule has 2 aromatic heterocycles. The lowest BCUT2D eigenvalue weighted by Crippen LogP contribution is -2.16. The zero-order valence-electron chi connectivity index (χ0n) is 20.5. The Morgan fingerprint density at radius 2 is 1.97 bits per heavy atom. The molecule has 0 bridgehead atoms. The summed E-state index contributed by atoms with van der Waals surface area (Å²) in [6.07, 6.45) is 4.58. The van der Waals surface area contributed by atoms with Crippen molar-refractivity contribution in [1.82, 2.24) is 14.8 Å². The highest BCUT2D eigenvalue weighted by atomic mass is 32.2. The minimum Gasteiger partial charge on any atom is -0.465 e. The average Bonchev–Trinajstić information content (AvgIpc) is 3.52. The molecule has 1 aliphatic carbocycles. The molecule has 35 heavy (non-hydrogen) atoms. The molecule has 3 aromatic rings. The van der Waals surface area contributed by atoms with Crippen LogP contribution in [0.4, 0.5) is 5.00 Å². The van der Waals surface area contributed by atoms with Crippen LogP contribution < -0.4 is 5.32 Å². The molecule has 0 radical (unpaired) electrons. The second-order valence-corrected chi connectivity index (χ2v) is 11.5. The maximum atomic E-state index is 12.8. The number of carbonyl (C=O) groups is 2. The summed E-state index contributed by atoms with van der Waals surface area (Å²) in [7, 11) is 1.36. The molecule has 184 valence electrons. The Morgan fingerprint density at radius 3 is 2.63 bits per heavy atom. The molecular formula is C26H30N4O3S2. The van der Waals surface area contributed by atoms with E-state index in [1.54, 1.807) is 6.08 Å². The summed E-state index contributed by atoms with van der Waals surface area (Å²) < 4.78 is 6.92. The predicted molar refractivity (Wildman–Crippen MR) is 141 cm³/mol. The summed E-state index contributed by atoms with van der Waals surface area (Å²) in [6, 6.07) is 8.32. The number of ether oxygens (including phenoxy) is 1. The molecule has 0 spiro atoms. The molecule has 7 nitrogen and oxygen atoms in total. The van der Waals surface area contributed by atoms with Crippen molar-refractivity contribution in [3.8, 4) is 11.4 Å². The topological polar surface area (TPSA) is 86.1 Å². The van der Waals surface area contributed by atoms with Gasteiger partial charge in [-0.3, -0.25) is 9.36 Å². The lowest BCUT2D eigenvalue weighted by Gasteiger charge is -2.19. The molecule has 0 aliphatic heterocycles. The standard InChI is InChI=1S/C26H30N4O3S2/c1-6-14-30-22(16-10-12-17(13-11-16)26(2,3)4)28-29-25(30)34-15-20(31)27-23-21(24(32)33-5)18-8-7-9-19(18)35-23/h6,10-13H,1,7-9,14-15H2,2-5H3,(H,27,31). The zero-order valence-corrected chi connectivity index (χ0v) is 22.1. The molecule has 1 N–H and O–H groups in total. The van der Waals surface area contributed by atoms with Crippen LogP contribution in [0.2, 0.25) is 0 Å². The van der Waals surface area contributed by atoms with E-state index < -0.39 is 5.97 Å². The fourth-order valence-electron chi connectivity index (χ4n) is 4.13. The number of fused-ring (bicyclic) bond motifs is 1. The van der Waals surface area contributed by atoms with E-state index in [0.717, 1.165) is 41.1 Å². The summed E-state index contributed by atoms with van der Waals surface area (Å²) in [6.45, 7) is 10.9. The Hall–Kier alpha value is -2.91. The zero-order chi connectivity index (χ0) is 25.2.